The average Bonchev–Trinajstić information content (AvgIpc) is 3.33. The van der Waals surface area contributed by atoms with Crippen LogP contribution in [-0.4, -0.2) is 65.4 Å². The van der Waals surface area contributed by atoms with Crippen LogP contribution in [-0.2, 0) is 20.6 Å². The molecule has 2 amide bonds. The van der Waals surface area contributed by atoms with Crippen molar-refractivity contribution in [2.24, 2.45) is 5.92 Å². The van der Waals surface area contributed by atoms with Crippen LogP contribution in [0.25, 0.3) is 0 Å². The second-order valence-electron chi connectivity index (χ2n) is 9.51. The lowest BCUT2D eigenvalue weighted by Gasteiger charge is -2.25. The Morgan fingerprint density at radius 2 is 1.82 bits per heavy atom. The molecule has 8 nitrogen and oxygen atoms in total. The predicted octanol–water partition coefficient (Wildman–Crippen LogP) is 1.79. The molecule has 5 N–H and O–H groups in total. The number of rotatable bonds is 11. The van der Waals surface area contributed by atoms with Crippen LogP contribution in [0.5, 0.6) is 0 Å². The molecular formula is C24H38N3O5P. The first kappa shape index (κ1) is 25.9. The summed E-state index contributed by atoms with van der Waals surface area (Å²) in [6.45, 7) is 0.652. The van der Waals surface area contributed by atoms with E-state index in [0.717, 1.165) is 50.6 Å². The summed E-state index contributed by atoms with van der Waals surface area (Å²) in [7, 11) is -3.47. The normalized spacial score (nSPS) is 22.8. The maximum absolute atomic E-state index is 12.9. The fourth-order valence-electron chi connectivity index (χ4n) is 4.82. The number of nitrogens with one attached hydrogen (secondary N) is 3. The van der Waals surface area contributed by atoms with E-state index in [1.54, 1.807) is 0 Å². The van der Waals surface area contributed by atoms with Crippen LogP contribution in [0.15, 0.2) is 30.3 Å². The van der Waals surface area contributed by atoms with Crippen molar-refractivity contribution in [1.82, 2.24) is 16.0 Å². The van der Waals surface area contributed by atoms with Gasteiger partial charge in [-0.2, -0.15) is 0 Å². The van der Waals surface area contributed by atoms with Crippen LogP contribution in [0.4, 0.5) is 0 Å². The topological polar surface area (TPSA) is 128 Å². The second kappa shape index (κ2) is 12.7. The van der Waals surface area contributed by atoms with Gasteiger partial charge in [0.2, 0.25) is 19.2 Å². The summed E-state index contributed by atoms with van der Waals surface area (Å²) in [5.41, 5.74) is 0.908. The van der Waals surface area contributed by atoms with E-state index in [-0.39, 0.29) is 36.7 Å². The molecule has 2 fully saturated rings. The summed E-state index contributed by atoms with van der Waals surface area (Å²) in [5.74, 6) is -0.383. The summed E-state index contributed by atoms with van der Waals surface area (Å²) in [6, 6.07) is 8.32. The molecule has 0 bridgehead atoms. The third kappa shape index (κ3) is 8.85. The molecule has 9 heteroatoms. The molecule has 184 valence electrons. The monoisotopic (exact) mass is 479 g/mol. The smallest absolute Gasteiger partial charge is 0.243 e. The highest BCUT2D eigenvalue weighted by Crippen LogP contribution is 2.45. The van der Waals surface area contributed by atoms with Crippen molar-refractivity contribution in [3.8, 4) is 0 Å². The number of aliphatic hydroxyl groups is 1. The number of benzene rings is 1. The Kier molecular flexibility index (Phi) is 9.93. The van der Waals surface area contributed by atoms with Crippen LogP contribution in [0.2, 0.25) is 0 Å². The molecule has 0 aromatic heterocycles. The molecule has 0 spiro atoms. The Hall–Kier alpha value is -1.73. The average molecular weight is 480 g/mol. The number of carbonyl (C=O) groups excluding carboxylic acids is 2. The molecule has 1 unspecified atom stereocenters. The molecular weight excluding hydrogens is 441 g/mol. The van der Waals surface area contributed by atoms with Crippen LogP contribution >= 0.6 is 7.37 Å². The van der Waals surface area contributed by atoms with E-state index in [4.69, 9.17) is 0 Å². The van der Waals surface area contributed by atoms with Crippen molar-refractivity contribution in [3.63, 3.8) is 0 Å². The fraction of sp³-hybridized carbons (Fsp3) is 0.667. The molecule has 1 aromatic carbocycles. The zero-order valence-electron chi connectivity index (χ0n) is 19.2. The first-order valence-corrected chi connectivity index (χ1v) is 14.2. The van der Waals surface area contributed by atoms with E-state index < -0.39 is 25.4 Å². The third-order valence-electron chi connectivity index (χ3n) is 6.57. The van der Waals surface area contributed by atoms with Crippen LogP contribution in [0.3, 0.4) is 0 Å². The Balaban J connectivity index is 1.52. The lowest BCUT2D eigenvalue weighted by molar-refractivity contribution is -0.130. The van der Waals surface area contributed by atoms with E-state index in [1.807, 2.05) is 30.3 Å². The number of hydrogen-bond donors (Lipinski definition) is 5. The van der Waals surface area contributed by atoms with Crippen molar-refractivity contribution in [2.75, 3.05) is 25.4 Å². The lowest BCUT2D eigenvalue weighted by atomic mass is 9.91. The van der Waals surface area contributed by atoms with E-state index in [2.05, 4.69) is 16.0 Å². The highest BCUT2D eigenvalue weighted by atomic mass is 31.2. The van der Waals surface area contributed by atoms with Gasteiger partial charge in [0.25, 0.3) is 0 Å². The second-order valence-corrected chi connectivity index (χ2v) is 11.9. The summed E-state index contributed by atoms with van der Waals surface area (Å²) >= 11 is 0. The lowest BCUT2D eigenvalue weighted by Crippen LogP contribution is -2.53. The molecule has 3 rings (SSSR count). The van der Waals surface area contributed by atoms with Crippen molar-refractivity contribution in [2.45, 2.75) is 69.6 Å². The molecule has 1 aromatic rings. The number of hydrogen-bond acceptors (Lipinski definition) is 5. The minimum absolute atomic E-state index is 0.128. The summed E-state index contributed by atoms with van der Waals surface area (Å²) in [4.78, 5) is 35.9. The van der Waals surface area contributed by atoms with Crippen LogP contribution < -0.4 is 16.0 Å². The van der Waals surface area contributed by atoms with Crippen LogP contribution in [0.1, 0.15) is 50.5 Å². The minimum Gasteiger partial charge on any atom is -0.391 e. The van der Waals surface area contributed by atoms with Gasteiger partial charge >= 0.3 is 0 Å². The molecule has 0 radical (unpaired) electrons. The predicted molar refractivity (Wildman–Crippen MR) is 128 cm³/mol. The largest absolute Gasteiger partial charge is 0.391 e. The van der Waals surface area contributed by atoms with Gasteiger partial charge in [-0.3, -0.25) is 14.2 Å². The van der Waals surface area contributed by atoms with E-state index in [9.17, 15) is 24.2 Å². The summed E-state index contributed by atoms with van der Waals surface area (Å²) in [5, 5.41) is 19.0. The molecule has 1 saturated heterocycles. The highest BCUT2D eigenvalue weighted by molar-refractivity contribution is 7.58. The molecule has 2 aliphatic rings. The molecule has 33 heavy (non-hydrogen) atoms. The van der Waals surface area contributed by atoms with E-state index >= 15 is 0 Å². The SMILES string of the molecule is O=C(N[C@@H](Cc1ccccc1)C(=O)NC[C@H](O)CP(=O)(O)CC1CCCCC1)[C@@H]1CCCN1. The van der Waals surface area contributed by atoms with Gasteiger partial charge in [-0.05, 0) is 43.7 Å². The Morgan fingerprint density at radius 3 is 2.48 bits per heavy atom. The van der Waals surface area contributed by atoms with E-state index in [0.29, 0.717) is 6.42 Å². The van der Waals surface area contributed by atoms with Crippen LogP contribution in [0, 0.1) is 5.92 Å². The zero-order chi connectivity index (χ0) is 23.7. The number of amides is 2. The molecule has 4 atom stereocenters. The van der Waals surface area contributed by atoms with Gasteiger partial charge in [-0.15, -0.1) is 0 Å². The first-order chi connectivity index (χ1) is 15.8. The summed E-state index contributed by atoms with van der Waals surface area (Å²) in [6.07, 6.45) is 6.16. The van der Waals surface area contributed by atoms with Crippen molar-refractivity contribution < 1.29 is 24.2 Å². The van der Waals surface area contributed by atoms with Gasteiger partial charge in [0.05, 0.1) is 18.3 Å². The van der Waals surface area contributed by atoms with Gasteiger partial charge in [0, 0.05) is 19.1 Å². The van der Waals surface area contributed by atoms with Crippen molar-refractivity contribution in [1.29, 1.82) is 0 Å². The van der Waals surface area contributed by atoms with Gasteiger partial charge in [-0.25, -0.2) is 0 Å². The highest BCUT2D eigenvalue weighted by Gasteiger charge is 2.30. The quantitative estimate of drug-likeness (QED) is 0.308. The van der Waals surface area contributed by atoms with Gasteiger partial charge in [0.15, 0.2) is 0 Å². The number of carbonyl (C=O) groups is 2. The first-order valence-electron chi connectivity index (χ1n) is 12.2. The molecule has 1 aliphatic carbocycles. The van der Waals surface area contributed by atoms with Crippen molar-refractivity contribution in [3.05, 3.63) is 35.9 Å². The van der Waals surface area contributed by atoms with Gasteiger partial charge in [0.1, 0.15) is 6.04 Å². The zero-order valence-corrected chi connectivity index (χ0v) is 20.1. The third-order valence-corrected chi connectivity index (χ3v) is 8.65. The minimum atomic E-state index is -3.47. The Morgan fingerprint density at radius 1 is 1.09 bits per heavy atom. The molecule has 1 aliphatic heterocycles. The van der Waals surface area contributed by atoms with Crippen molar-refractivity contribution >= 4 is 19.2 Å². The molecule has 1 heterocycles. The Labute approximate surface area is 196 Å². The van der Waals surface area contributed by atoms with E-state index in [1.165, 1.54) is 6.42 Å². The number of aliphatic hydroxyl groups excluding tert-OH is 1. The maximum Gasteiger partial charge on any atom is 0.243 e. The summed E-state index contributed by atoms with van der Waals surface area (Å²) < 4.78 is 12.6. The standard InChI is InChI=1S/C24H38N3O5P/c28-20(17-33(31,32)16-19-10-5-2-6-11-19)15-26-23(29)22(14-18-8-3-1-4-9-18)27-24(30)21-12-7-13-25-21/h1,3-4,8-9,19-22,25,28H,2,5-7,10-17H2,(H,26,29)(H,27,30)(H,31,32)/t20-,21-,22-/m0/s1. The fourth-order valence-corrected chi connectivity index (χ4v) is 6.93. The van der Waals surface area contributed by atoms with Gasteiger partial charge in [-0.1, -0.05) is 49.6 Å². The van der Waals surface area contributed by atoms with Gasteiger partial charge < -0.3 is 26.0 Å². The Bertz CT molecular complexity index is 810. The molecule has 1 saturated carbocycles. The maximum atomic E-state index is 12.9.